The number of hydrogen-bond donors (Lipinski definition) is 0. The number of hydrogen-bond acceptors (Lipinski definition) is 5. The maximum Gasteiger partial charge on any atom is 0.224 e. The van der Waals surface area contributed by atoms with Crippen molar-refractivity contribution in [1.82, 2.24) is 9.97 Å². The van der Waals surface area contributed by atoms with E-state index in [0.29, 0.717) is 33.9 Å². The monoisotopic (exact) mass is 303 g/mol. The molecule has 0 amide bonds. The number of aromatic nitrogens is 2. The maximum atomic E-state index is 9.00. The van der Waals surface area contributed by atoms with Gasteiger partial charge in [0, 0.05) is 18.1 Å². The normalized spacial score (nSPS) is 10.3. The summed E-state index contributed by atoms with van der Waals surface area (Å²) in [6, 6.07) is 8.48. The second-order valence-corrected chi connectivity index (χ2v) is 5.04. The van der Waals surface area contributed by atoms with E-state index in [1.165, 1.54) is 13.2 Å². The van der Waals surface area contributed by atoms with Crippen LogP contribution in [-0.4, -0.2) is 17.1 Å². The SMILES string of the molecule is COc1cc(C#N)cc(Oc2cc(Cl)nc(C(C)C)n2)c1. The maximum absolute atomic E-state index is 9.00. The molecule has 1 aromatic heterocycles. The van der Waals surface area contributed by atoms with Crippen molar-refractivity contribution in [1.29, 1.82) is 5.26 Å². The first-order valence-electron chi connectivity index (χ1n) is 6.33. The summed E-state index contributed by atoms with van der Waals surface area (Å²) in [6.45, 7) is 3.93. The Balaban J connectivity index is 2.36. The Morgan fingerprint density at radius 1 is 1.14 bits per heavy atom. The minimum absolute atomic E-state index is 0.131. The van der Waals surface area contributed by atoms with Crippen LogP contribution < -0.4 is 9.47 Å². The average Bonchev–Trinajstić information content (AvgIpc) is 2.46. The van der Waals surface area contributed by atoms with Gasteiger partial charge in [-0.2, -0.15) is 10.2 Å². The van der Waals surface area contributed by atoms with Crippen LogP contribution in [-0.2, 0) is 0 Å². The lowest BCUT2D eigenvalue weighted by molar-refractivity contribution is 0.406. The van der Waals surface area contributed by atoms with E-state index in [4.69, 9.17) is 26.3 Å². The highest BCUT2D eigenvalue weighted by molar-refractivity contribution is 6.29. The standard InChI is InChI=1S/C15H14ClN3O2/c1-9(2)15-18-13(16)7-14(19-15)21-12-5-10(8-17)4-11(6-12)20-3/h4-7,9H,1-3H3. The van der Waals surface area contributed by atoms with E-state index in [9.17, 15) is 0 Å². The van der Waals surface area contributed by atoms with Gasteiger partial charge in [0.05, 0.1) is 18.7 Å². The van der Waals surface area contributed by atoms with Gasteiger partial charge in [-0.25, -0.2) is 4.98 Å². The molecule has 0 aliphatic heterocycles. The fourth-order valence-electron chi connectivity index (χ4n) is 1.66. The summed E-state index contributed by atoms with van der Waals surface area (Å²) in [4.78, 5) is 8.44. The van der Waals surface area contributed by atoms with Crippen molar-refractivity contribution < 1.29 is 9.47 Å². The van der Waals surface area contributed by atoms with E-state index in [-0.39, 0.29) is 5.92 Å². The van der Waals surface area contributed by atoms with Crippen molar-refractivity contribution in [2.24, 2.45) is 0 Å². The Kier molecular flexibility index (Phi) is 4.61. The minimum Gasteiger partial charge on any atom is -0.497 e. The number of methoxy groups -OCH3 is 1. The number of rotatable bonds is 4. The molecular weight excluding hydrogens is 290 g/mol. The molecule has 0 radical (unpaired) electrons. The van der Waals surface area contributed by atoms with Crippen LogP contribution in [0.2, 0.25) is 5.15 Å². The zero-order valence-electron chi connectivity index (χ0n) is 11.9. The highest BCUT2D eigenvalue weighted by Gasteiger charge is 2.10. The average molecular weight is 304 g/mol. The van der Waals surface area contributed by atoms with Crippen molar-refractivity contribution in [2.45, 2.75) is 19.8 Å². The topological polar surface area (TPSA) is 68.0 Å². The van der Waals surface area contributed by atoms with Gasteiger partial charge in [-0.1, -0.05) is 25.4 Å². The molecule has 1 aromatic carbocycles. The molecule has 6 heteroatoms. The summed E-state index contributed by atoms with van der Waals surface area (Å²) >= 11 is 5.97. The molecule has 108 valence electrons. The van der Waals surface area contributed by atoms with Crippen LogP contribution in [0.5, 0.6) is 17.4 Å². The van der Waals surface area contributed by atoms with Gasteiger partial charge in [0.1, 0.15) is 22.5 Å². The molecule has 21 heavy (non-hydrogen) atoms. The first kappa shape index (κ1) is 15.1. The van der Waals surface area contributed by atoms with Crippen LogP contribution >= 0.6 is 11.6 Å². The van der Waals surface area contributed by atoms with Crippen molar-refractivity contribution in [3.8, 4) is 23.4 Å². The Hall–Kier alpha value is -2.32. The lowest BCUT2D eigenvalue weighted by atomic mass is 10.2. The number of ether oxygens (including phenoxy) is 2. The van der Waals surface area contributed by atoms with E-state index in [1.54, 1.807) is 18.2 Å². The molecule has 5 nitrogen and oxygen atoms in total. The van der Waals surface area contributed by atoms with Crippen LogP contribution in [0.3, 0.4) is 0 Å². The first-order valence-corrected chi connectivity index (χ1v) is 6.71. The van der Waals surface area contributed by atoms with Gasteiger partial charge >= 0.3 is 0 Å². The smallest absolute Gasteiger partial charge is 0.224 e. The van der Waals surface area contributed by atoms with Crippen LogP contribution in [0.1, 0.15) is 31.2 Å². The third kappa shape index (κ3) is 3.83. The molecule has 0 aliphatic carbocycles. The van der Waals surface area contributed by atoms with Crippen molar-refractivity contribution >= 4 is 11.6 Å². The lowest BCUT2D eigenvalue weighted by Gasteiger charge is -2.10. The van der Waals surface area contributed by atoms with Crippen molar-refractivity contribution in [3.63, 3.8) is 0 Å². The van der Waals surface area contributed by atoms with E-state index in [0.717, 1.165) is 0 Å². The van der Waals surface area contributed by atoms with Gasteiger partial charge in [0.25, 0.3) is 0 Å². The van der Waals surface area contributed by atoms with Crippen molar-refractivity contribution in [2.75, 3.05) is 7.11 Å². The molecular formula is C15H14ClN3O2. The van der Waals surface area contributed by atoms with Crippen LogP contribution in [0.4, 0.5) is 0 Å². The highest BCUT2D eigenvalue weighted by Crippen LogP contribution is 2.28. The molecule has 0 saturated carbocycles. The summed E-state index contributed by atoms with van der Waals surface area (Å²) in [5.74, 6) is 2.05. The quantitative estimate of drug-likeness (QED) is 0.801. The molecule has 0 atom stereocenters. The molecule has 1 heterocycles. The van der Waals surface area contributed by atoms with E-state index in [1.807, 2.05) is 13.8 Å². The number of nitrogens with zero attached hydrogens (tertiary/aromatic N) is 3. The molecule has 0 N–H and O–H groups in total. The molecule has 0 unspecified atom stereocenters. The predicted octanol–water partition coefficient (Wildman–Crippen LogP) is 3.93. The second kappa shape index (κ2) is 6.42. The Labute approximate surface area is 128 Å². The molecule has 0 saturated heterocycles. The van der Waals surface area contributed by atoms with Gasteiger partial charge in [0.2, 0.25) is 5.88 Å². The van der Waals surface area contributed by atoms with E-state index in [2.05, 4.69) is 16.0 Å². The van der Waals surface area contributed by atoms with E-state index < -0.39 is 0 Å². The lowest BCUT2D eigenvalue weighted by Crippen LogP contribution is -2.00. The summed E-state index contributed by atoms with van der Waals surface area (Å²) in [5.41, 5.74) is 0.439. The fraction of sp³-hybridized carbons (Fsp3) is 0.267. The number of halogens is 1. The number of nitriles is 1. The molecule has 0 fully saturated rings. The Morgan fingerprint density at radius 3 is 2.48 bits per heavy atom. The molecule has 0 spiro atoms. The predicted molar refractivity (Wildman–Crippen MR) is 78.9 cm³/mol. The van der Waals surface area contributed by atoms with E-state index >= 15 is 0 Å². The van der Waals surface area contributed by atoms with Crippen molar-refractivity contribution in [3.05, 3.63) is 40.8 Å². The molecule has 2 aromatic rings. The highest BCUT2D eigenvalue weighted by atomic mass is 35.5. The summed E-state index contributed by atoms with van der Waals surface area (Å²) < 4.78 is 10.8. The van der Waals surface area contributed by atoms with Crippen LogP contribution in [0, 0.1) is 11.3 Å². The first-order chi connectivity index (χ1) is 10.0. The minimum atomic E-state index is 0.131. The van der Waals surface area contributed by atoms with Crippen LogP contribution in [0.15, 0.2) is 24.3 Å². The van der Waals surface area contributed by atoms with Gasteiger partial charge in [-0.3, -0.25) is 0 Å². The summed E-state index contributed by atoms with van der Waals surface area (Å²) in [5, 5.41) is 9.31. The molecule has 0 aliphatic rings. The van der Waals surface area contributed by atoms with Gasteiger partial charge in [0.15, 0.2) is 0 Å². The zero-order chi connectivity index (χ0) is 15.4. The Bertz CT molecular complexity index is 696. The summed E-state index contributed by atoms with van der Waals surface area (Å²) in [7, 11) is 1.53. The molecule has 2 rings (SSSR count). The summed E-state index contributed by atoms with van der Waals surface area (Å²) in [6.07, 6.45) is 0. The number of benzene rings is 1. The molecule has 0 bridgehead atoms. The Morgan fingerprint density at radius 2 is 1.86 bits per heavy atom. The fourth-order valence-corrected chi connectivity index (χ4v) is 1.84. The van der Waals surface area contributed by atoms with Crippen LogP contribution in [0.25, 0.3) is 0 Å². The van der Waals surface area contributed by atoms with Gasteiger partial charge < -0.3 is 9.47 Å². The third-order valence-corrected chi connectivity index (χ3v) is 2.87. The third-order valence-electron chi connectivity index (χ3n) is 2.67. The second-order valence-electron chi connectivity index (χ2n) is 4.65. The largest absolute Gasteiger partial charge is 0.497 e. The van der Waals surface area contributed by atoms with Gasteiger partial charge in [-0.05, 0) is 12.1 Å². The zero-order valence-corrected chi connectivity index (χ0v) is 12.7. The van der Waals surface area contributed by atoms with Gasteiger partial charge in [-0.15, -0.1) is 0 Å².